The van der Waals surface area contributed by atoms with Crippen LogP contribution in [-0.2, 0) is 0 Å². The molecule has 2 aliphatic heterocycles. The Bertz CT molecular complexity index is 363. The molecular weight excluding hydrogens is 184 g/mol. The summed E-state index contributed by atoms with van der Waals surface area (Å²) in [7, 11) is 0. The summed E-state index contributed by atoms with van der Waals surface area (Å²) in [5.41, 5.74) is 2.98. The average molecular weight is 200 g/mol. The van der Waals surface area contributed by atoms with Crippen LogP contribution in [0.3, 0.4) is 0 Å². The lowest BCUT2D eigenvalue weighted by molar-refractivity contribution is 0.610. The van der Waals surface area contributed by atoms with Crippen molar-refractivity contribution in [1.82, 2.24) is 10.6 Å². The maximum Gasteiger partial charge on any atom is 0.0984 e. The molecule has 78 valence electrons. The van der Waals surface area contributed by atoms with E-state index in [2.05, 4.69) is 41.0 Å². The molecule has 2 N–H and O–H groups in total. The highest BCUT2D eigenvalue weighted by Crippen LogP contribution is 2.32. The average Bonchev–Trinajstić information content (AvgIpc) is 2.74. The van der Waals surface area contributed by atoms with Crippen LogP contribution in [-0.4, -0.2) is 6.54 Å². The molecule has 15 heavy (non-hydrogen) atoms. The molecule has 2 heterocycles. The molecule has 0 amide bonds. The standard InChI is InChI=1S/C13H16N2/c1-2-5-10(6-3-1)12-9-11-7-4-8-14-13(11)15-12/h1-3,5-6,12,14-15H,4,7-9H2. The second kappa shape index (κ2) is 3.61. The molecule has 0 radical (unpaired) electrons. The van der Waals surface area contributed by atoms with Crippen molar-refractivity contribution in [2.45, 2.75) is 25.3 Å². The van der Waals surface area contributed by atoms with Crippen LogP contribution >= 0.6 is 0 Å². The van der Waals surface area contributed by atoms with Crippen molar-refractivity contribution in [3.8, 4) is 0 Å². The van der Waals surface area contributed by atoms with Gasteiger partial charge in [-0.3, -0.25) is 0 Å². The zero-order valence-electron chi connectivity index (χ0n) is 8.79. The quantitative estimate of drug-likeness (QED) is 0.727. The fraction of sp³-hybridized carbons (Fsp3) is 0.385. The molecule has 2 aliphatic rings. The first kappa shape index (κ1) is 8.84. The van der Waals surface area contributed by atoms with Crippen molar-refractivity contribution in [3.63, 3.8) is 0 Å². The maximum absolute atomic E-state index is 3.58. The van der Waals surface area contributed by atoms with Crippen LogP contribution in [0, 0.1) is 0 Å². The second-order valence-electron chi connectivity index (χ2n) is 4.32. The van der Waals surface area contributed by atoms with Gasteiger partial charge in [0.1, 0.15) is 0 Å². The molecule has 1 unspecified atom stereocenters. The molecule has 0 aliphatic carbocycles. The van der Waals surface area contributed by atoms with Gasteiger partial charge in [-0.05, 0) is 30.4 Å². The van der Waals surface area contributed by atoms with Gasteiger partial charge in [-0.1, -0.05) is 30.3 Å². The summed E-state index contributed by atoms with van der Waals surface area (Å²) in [6.07, 6.45) is 3.72. The zero-order valence-corrected chi connectivity index (χ0v) is 8.79. The van der Waals surface area contributed by atoms with Crippen molar-refractivity contribution in [2.75, 3.05) is 6.54 Å². The molecule has 1 atom stereocenters. The van der Waals surface area contributed by atoms with Gasteiger partial charge in [0.15, 0.2) is 0 Å². The highest BCUT2D eigenvalue weighted by Gasteiger charge is 2.25. The lowest BCUT2D eigenvalue weighted by Gasteiger charge is -2.16. The molecule has 1 aromatic rings. The molecule has 0 saturated heterocycles. The highest BCUT2D eigenvalue weighted by atomic mass is 15.1. The third kappa shape index (κ3) is 1.60. The fourth-order valence-corrected chi connectivity index (χ4v) is 2.48. The summed E-state index contributed by atoms with van der Waals surface area (Å²) >= 11 is 0. The molecule has 1 aromatic carbocycles. The van der Waals surface area contributed by atoms with Gasteiger partial charge in [-0.15, -0.1) is 0 Å². The molecular formula is C13H16N2. The molecule has 2 nitrogen and oxygen atoms in total. The predicted molar refractivity (Wildman–Crippen MR) is 61.2 cm³/mol. The van der Waals surface area contributed by atoms with Crippen molar-refractivity contribution in [3.05, 3.63) is 47.3 Å². The van der Waals surface area contributed by atoms with E-state index in [0.29, 0.717) is 6.04 Å². The van der Waals surface area contributed by atoms with E-state index < -0.39 is 0 Å². The van der Waals surface area contributed by atoms with E-state index in [1.807, 2.05) is 0 Å². The van der Waals surface area contributed by atoms with E-state index in [-0.39, 0.29) is 0 Å². The van der Waals surface area contributed by atoms with E-state index >= 15 is 0 Å². The minimum Gasteiger partial charge on any atom is -0.372 e. The van der Waals surface area contributed by atoms with Crippen LogP contribution in [0.4, 0.5) is 0 Å². The van der Waals surface area contributed by atoms with Crippen LogP contribution < -0.4 is 10.6 Å². The summed E-state index contributed by atoms with van der Waals surface area (Å²) < 4.78 is 0. The van der Waals surface area contributed by atoms with Crippen molar-refractivity contribution < 1.29 is 0 Å². The van der Waals surface area contributed by atoms with Gasteiger partial charge in [0.05, 0.1) is 11.9 Å². The summed E-state index contributed by atoms with van der Waals surface area (Å²) in [6.45, 7) is 1.12. The second-order valence-corrected chi connectivity index (χ2v) is 4.32. The first-order valence-corrected chi connectivity index (χ1v) is 5.71. The zero-order chi connectivity index (χ0) is 10.1. The molecule has 3 rings (SSSR count). The lowest BCUT2D eigenvalue weighted by atomic mass is 9.99. The van der Waals surface area contributed by atoms with Crippen molar-refractivity contribution in [2.24, 2.45) is 0 Å². The number of rotatable bonds is 1. The molecule has 0 bridgehead atoms. The lowest BCUT2D eigenvalue weighted by Crippen LogP contribution is -2.28. The van der Waals surface area contributed by atoms with E-state index in [0.717, 1.165) is 6.54 Å². The Morgan fingerprint density at radius 1 is 1.13 bits per heavy atom. The SMILES string of the molecule is c1ccc(C2CC3=C(NCCC3)N2)cc1. The number of nitrogens with one attached hydrogen (secondary N) is 2. The van der Waals surface area contributed by atoms with Gasteiger partial charge in [0.25, 0.3) is 0 Å². The van der Waals surface area contributed by atoms with Gasteiger partial charge in [-0.25, -0.2) is 0 Å². The molecule has 0 saturated carbocycles. The molecule has 0 aromatic heterocycles. The van der Waals surface area contributed by atoms with Crippen LogP contribution in [0.1, 0.15) is 30.9 Å². The predicted octanol–water partition coefficient (Wildman–Crippen LogP) is 2.32. The van der Waals surface area contributed by atoms with Gasteiger partial charge in [-0.2, -0.15) is 0 Å². The minimum absolute atomic E-state index is 0.488. The van der Waals surface area contributed by atoms with Gasteiger partial charge in [0, 0.05) is 6.54 Å². The molecule has 0 spiro atoms. The number of hydrogen-bond acceptors (Lipinski definition) is 2. The summed E-state index contributed by atoms with van der Waals surface area (Å²) in [5, 5.41) is 7.03. The first-order chi connectivity index (χ1) is 7.43. The monoisotopic (exact) mass is 200 g/mol. The maximum atomic E-state index is 3.58. The Morgan fingerprint density at radius 2 is 2.00 bits per heavy atom. The van der Waals surface area contributed by atoms with Crippen molar-refractivity contribution >= 4 is 0 Å². The van der Waals surface area contributed by atoms with Gasteiger partial charge >= 0.3 is 0 Å². The number of hydrogen-bond donors (Lipinski definition) is 2. The minimum atomic E-state index is 0.488. The third-order valence-corrected chi connectivity index (χ3v) is 3.28. The van der Waals surface area contributed by atoms with Gasteiger partial charge in [0.2, 0.25) is 0 Å². The normalized spacial score (nSPS) is 24.4. The third-order valence-electron chi connectivity index (χ3n) is 3.28. The first-order valence-electron chi connectivity index (χ1n) is 5.71. The summed E-state index contributed by atoms with van der Waals surface area (Å²) in [6, 6.07) is 11.2. The van der Waals surface area contributed by atoms with E-state index in [1.165, 1.54) is 30.6 Å². The van der Waals surface area contributed by atoms with Gasteiger partial charge < -0.3 is 10.6 Å². The highest BCUT2D eigenvalue weighted by molar-refractivity contribution is 5.29. The van der Waals surface area contributed by atoms with Crippen LogP contribution in [0.2, 0.25) is 0 Å². The fourth-order valence-electron chi connectivity index (χ4n) is 2.48. The summed E-state index contributed by atoms with van der Waals surface area (Å²) in [5.74, 6) is 1.30. The smallest absolute Gasteiger partial charge is 0.0984 e. The Hall–Kier alpha value is -1.44. The van der Waals surface area contributed by atoms with E-state index in [1.54, 1.807) is 5.57 Å². The van der Waals surface area contributed by atoms with Crippen LogP contribution in [0.25, 0.3) is 0 Å². The Morgan fingerprint density at radius 3 is 2.80 bits per heavy atom. The van der Waals surface area contributed by atoms with Crippen LogP contribution in [0.15, 0.2) is 41.7 Å². The number of benzene rings is 1. The van der Waals surface area contributed by atoms with E-state index in [9.17, 15) is 0 Å². The van der Waals surface area contributed by atoms with Crippen molar-refractivity contribution in [1.29, 1.82) is 0 Å². The van der Waals surface area contributed by atoms with E-state index in [4.69, 9.17) is 0 Å². The Kier molecular flexibility index (Phi) is 2.13. The van der Waals surface area contributed by atoms with Crippen LogP contribution in [0.5, 0.6) is 0 Å². The molecule has 0 fully saturated rings. The Labute approximate surface area is 90.4 Å². The molecule has 2 heteroatoms. The topological polar surface area (TPSA) is 24.1 Å². The Balaban J connectivity index is 1.79. The largest absolute Gasteiger partial charge is 0.372 e. The summed E-state index contributed by atoms with van der Waals surface area (Å²) in [4.78, 5) is 0.